The maximum absolute atomic E-state index is 5.24. The first-order valence-electron chi connectivity index (χ1n) is 2.99. The van der Waals surface area contributed by atoms with Gasteiger partial charge in [0.05, 0.1) is 12.7 Å². The van der Waals surface area contributed by atoms with E-state index in [0.717, 1.165) is 18.4 Å². The predicted molar refractivity (Wildman–Crippen MR) is 27.0 cm³/mol. The van der Waals surface area contributed by atoms with Crippen molar-refractivity contribution < 1.29 is 4.74 Å². The molecule has 0 bridgehead atoms. The van der Waals surface area contributed by atoms with Crippen molar-refractivity contribution >= 4 is 0 Å². The minimum Gasteiger partial charge on any atom is -0.377 e. The van der Waals surface area contributed by atoms with E-state index in [9.17, 15) is 0 Å². The van der Waals surface area contributed by atoms with Gasteiger partial charge in [-0.2, -0.15) is 0 Å². The van der Waals surface area contributed by atoms with E-state index in [0.29, 0.717) is 6.10 Å². The fraction of sp³-hybridized carbons (Fsp3) is 1.00. The van der Waals surface area contributed by atoms with Crippen molar-refractivity contribution in [3.8, 4) is 0 Å². The molecule has 0 spiro atoms. The van der Waals surface area contributed by atoms with Gasteiger partial charge in [-0.15, -0.1) is 0 Å². The topological polar surface area (TPSA) is 9.23 Å². The summed E-state index contributed by atoms with van der Waals surface area (Å²) >= 11 is 0. The third-order valence-electron chi connectivity index (χ3n) is 2.20. The Morgan fingerprint density at radius 1 is 1.57 bits per heavy atom. The van der Waals surface area contributed by atoms with Crippen LogP contribution in [0.15, 0.2) is 0 Å². The predicted octanol–water partition coefficient (Wildman–Crippen LogP) is 1.04. The molecule has 0 unspecified atom stereocenters. The molecular formula is C6H10O. The molecule has 40 valence electrons. The summed E-state index contributed by atoms with van der Waals surface area (Å²) in [6, 6.07) is 0. The van der Waals surface area contributed by atoms with Crippen molar-refractivity contribution in [2.24, 2.45) is 11.8 Å². The highest BCUT2D eigenvalue weighted by Gasteiger charge is 2.45. The van der Waals surface area contributed by atoms with Gasteiger partial charge in [0.2, 0.25) is 0 Å². The lowest BCUT2D eigenvalue weighted by molar-refractivity contribution is -0.208. The molecule has 1 aliphatic carbocycles. The number of fused-ring (bicyclic) bond motifs is 1. The van der Waals surface area contributed by atoms with Gasteiger partial charge in [-0.25, -0.2) is 0 Å². The number of ether oxygens (including phenoxy) is 1. The molecule has 0 aromatic heterocycles. The Balaban J connectivity index is 1.99. The SMILES string of the molecule is C[C@@H]1C[C@H]2CO[C@H]21. The molecule has 2 rings (SSSR count). The lowest BCUT2D eigenvalue weighted by atomic mass is 9.70. The summed E-state index contributed by atoms with van der Waals surface area (Å²) in [7, 11) is 0. The molecule has 0 aromatic carbocycles. The van der Waals surface area contributed by atoms with E-state index in [2.05, 4.69) is 6.92 Å². The summed E-state index contributed by atoms with van der Waals surface area (Å²) in [5, 5.41) is 0. The highest BCUT2D eigenvalue weighted by atomic mass is 16.5. The van der Waals surface area contributed by atoms with Gasteiger partial charge in [0.1, 0.15) is 0 Å². The van der Waals surface area contributed by atoms with Crippen molar-refractivity contribution in [1.82, 2.24) is 0 Å². The lowest BCUT2D eigenvalue weighted by Gasteiger charge is -2.51. The van der Waals surface area contributed by atoms with Crippen LogP contribution < -0.4 is 0 Å². The molecular weight excluding hydrogens is 88.1 g/mol. The van der Waals surface area contributed by atoms with Crippen molar-refractivity contribution in [1.29, 1.82) is 0 Å². The van der Waals surface area contributed by atoms with Crippen LogP contribution in [0.5, 0.6) is 0 Å². The average Bonchev–Trinajstić information content (AvgIpc) is 1.59. The second kappa shape index (κ2) is 1.03. The summed E-state index contributed by atoms with van der Waals surface area (Å²) in [6.07, 6.45) is 2.10. The van der Waals surface area contributed by atoms with Gasteiger partial charge in [0.25, 0.3) is 0 Å². The van der Waals surface area contributed by atoms with E-state index < -0.39 is 0 Å². The van der Waals surface area contributed by atoms with Gasteiger partial charge in [0.15, 0.2) is 0 Å². The van der Waals surface area contributed by atoms with E-state index in [1.165, 1.54) is 6.42 Å². The highest BCUT2D eigenvalue weighted by molar-refractivity contribution is 4.93. The van der Waals surface area contributed by atoms with E-state index in [1.807, 2.05) is 0 Å². The Hall–Kier alpha value is -0.0400. The van der Waals surface area contributed by atoms with Gasteiger partial charge >= 0.3 is 0 Å². The van der Waals surface area contributed by atoms with Crippen LogP contribution in [0.1, 0.15) is 13.3 Å². The first-order valence-corrected chi connectivity index (χ1v) is 2.99. The van der Waals surface area contributed by atoms with Gasteiger partial charge in [-0.05, 0) is 12.3 Å². The molecule has 2 aliphatic rings. The van der Waals surface area contributed by atoms with Crippen molar-refractivity contribution in [3.63, 3.8) is 0 Å². The number of hydrogen-bond acceptors (Lipinski definition) is 1. The molecule has 2 fully saturated rings. The molecule has 0 radical (unpaired) electrons. The molecule has 1 saturated heterocycles. The zero-order valence-corrected chi connectivity index (χ0v) is 4.55. The Morgan fingerprint density at radius 3 is 2.43 bits per heavy atom. The quantitative estimate of drug-likeness (QED) is 0.440. The Kier molecular flexibility index (Phi) is 0.571. The third kappa shape index (κ3) is 0.325. The Morgan fingerprint density at radius 2 is 2.43 bits per heavy atom. The fourth-order valence-electron chi connectivity index (χ4n) is 1.59. The molecule has 0 N–H and O–H groups in total. The Labute approximate surface area is 43.7 Å². The molecule has 0 aromatic rings. The minimum absolute atomic E-state index is 0.681. The second-order valence-electron chi connectivity index (χ2n) is 2.77. The average molecular weight is 98.1 g/mol. The van der Waals surface area contributed by atoms with Crippen LogP contribution in [0.3, 0.4) is 0 Å². The monoisotopic (exact) mass is 98.1 g/mol. The van der Waals surface area contributed by atoms with Crippen molar-refractivity contribution in [3.05, 3.63) is 0 Å². The first-order chi connectivity index (χ1) is 3.38. The molecule has 7 heavy (non-hydrogen) atoms. The zero-order chi connectivity index (χ0) is 4.85. The maximum atomic E-state index is 5.24. The highest BCUT2D eigenvalue weighted by Crippen LogP contribution is 2.43. The van der Waals surface area contributed by atoms with Crippen LogP contribution in [0.2, 0.25) is 0 Å². The smallest absolute Gasteiger partial charge is 0.0651 e. The molecule has 1 heteroatoms. The van der Waals surface area contributed by atoms with Crippen LogP contribution in [0.25, 0.3) is 0 Å². The summed E-state index contributed by atoms with van der Waals surface area (Å²) in [6.45, 7) is 3.31. The van der Waals surface area contributed by atoms with Crippen LogP contribution in [-0.4, -0.2) is 12.7 Å². The van der Waals surface area contributed by atoms with Gasteiger partial charge < -0.3 is 4.74 Å². The molecule has 0 amide bonds. The number of rotatable bonds is 0. The minimum atomic E-state index is 0.681. The molecule has 1 heterocycles. The molecule has 1 aliphatic heterocycles. The fourth-order valence-corrected chi connectivity index (χ4v) is 1.59. The standard InChI is InChI=1S/C6H10O/c1-4-2-5-3-7-6(4)5/h4-6H,2-3H2,1H3/t4-,5+,6+/m1/s1. The number of hydrogen-bond donors (Lipinski definition) is 0. The van der Waals surface area contributed by atoms with Gasteiger partial charge in [-0.3, -0.25) is 0 Å². The summed E-state index contributed by atoms with van der Waals surface area (Å²) in [5.74, 6) is 1.84. The third-order valence-corrected chi connectivity index (χ3v) is 2.20. The summed E-state index contributed by atoms with van der Waals surface area (Å²) in [4.78, 5) is 0. The van der Waals surface area contributed by atoms with Gasteiger partial charge in [0, 0.05) is 5.92 Å². The van der Waals surface area contributed by atoms with Gasteiger partial charge in [-0.1, -0.05) is 6.92 Å². The molecule has 1 nitrogen and oxygen atoms in total. The van der Waals surface area contributed by atoms with E-state index in [1.54, 1.807) is 0 Å². The molecule has 1 saturated carbocycles. The van der Waals surface area contributed by atoms with Crippen LogP contribution in [0.4, 0.5) is 0 Å². The van der Waals surface area contributed by atoms with Crippen molar-refractivity contribution in [2.75, 3.05) is 6.61 Å². The van der Waals surface area contributed by atoms with Crippen LogP contribution in [0, 0.1) is 11.8 Å². The normalized spacial score (nSPS) is 57.0. The summed E-state index contributed by atoms with van der Waals surface area (Å²) in [5.41, 5.74) is 0. The maximum Gasteiger partial charge on any atom is 0.0651 e. The van der Waals surface area contributed by atoms with Crippen LogP contribution >= 0.6 is 0 Å². The second-order valence-corrected chi connectivity index (χ2v) is 2.77. The van der Waals surface area contributed by atoms with Crippen LogP contribution in [-0.2, 0) is 4.74 Å². The largest absolute Gasteiger partial charge is 0.377 e. The summed E-state index contributed by atoms with van der Waals surface area (Å²) < 4.78 is 5.24. The van der Waals surface area contributed by atoms with Crippen molar-refractivity contribution in [2.45, 2.75) is 19.4 Å². The Bertz CT molecular complexity index is 86.2. The van der Waals surface area contributed by atoms with E-state index in [-0.39, 0.29) is 0 Å². The molecule has 3 atom stereocenters. The van der Waals surface area contributed by atoms with E-state index in [4.69, 9.17) is 4.74 Å². The first kappa shape index (κ1) is 3.90. The lowest BCUT2D eigenvalue weighted by Crippen LogP contribution is -2.54. The van der Waals surface area contributed by atoms with E-state index >= 15 is 0 Å². The zero-order valence-electron chi connectivity index (χ0n) is 4.55.